The Balaban J connectivity index is 2.21. The minimum Gasteiger partial charge on any atom is -0.332 e. The molecule has 72 valence electrons. The molecule has 0 spiro atoms. The summed E-state index contributed by atoms with van der Waals surface area (Å²) in [7, 11) is 0. The minimum absolute atomic E-state index is 0.216. The van der Waals surface area contributed by atoms with Crippen LogP contribution in [-0.2, 0) is 19.4 Å². The molecule has 13 heavy (non-hydrogen) atoms. The highest BCUT2D eigenvalue weighted by Crippen LogP contribution is 2.16. The van der Waals surface area contributed by atoms with Crippen LogP contribution in [-0.4, -0.2) is 15.6 Å². The van der Waals surface area contributed by atoms with Gasteiger partial charge in [-0.1, -0.05) is 0 Å². The van der Waals surface area contributed by atoms with Gasteiger partial charge in [-0.15, -0.1) is 0 Å². The van der Waals surface area contributed by atoms with Gasteiger partial charge in [0.1, 0.15) is 5.82 Å². The highest BCUT2D eigenvalue weighted by Gasteiger charge is 2.14. The Kier molecular flexibility index (Phi) is 2.36. The highest BCUT2D eigenvalue weighted by atomic mass is 15.1. The smallest absolute Gasteiger partial charge is 0.110 e. The van der Waals surface area contributed by atoms with E-state index < -0.39 is 0 Å². The van der Waals surface area contributed by atoms with Crippen LogP contribution < -0.4 is 5.73 Å². The fourth-order valence-electron chi connectivity index (χ4n) is 1.95. The Labute approximate surface area is 79.0 Å². The van der Waals surface area contributed by atoms with E-state index in [1.807, 2.05) is 13.1 Å². The zero-order valence-electron chi connectivity index (χ0n) is 8.16. The third-order valence-electron chi connectivity index (χ3n) is 2.59. The Hall–Kier alpha value is -0.830. The lowest BCUT2D eigenvalue weighted by atomic mass is 10.1. The summed E-state index contributed by atoms with van der Waals surface area (Å²) in [6.07, 6.45) is 6.70. The fourth-order valence-corrected chi connectivity index (χ4v) is 1.95. The van der Waals surface area contributed by atoms with Crippen LogP contribution in [0.2, 0.25) is 0 Å². The van der Waals surface area contributed by atoms with E-state index in [1.165, 1.54) is 30.8 Å². The molecule has 0 radical (unpaired) electrons. The second-order valence-corrected chi connectivity index (χ2v) is 3.96. The van der Waals surface area contributed by atoms with Crippen molar-refractivity contribution in [2.24, 2.45) is 5.73 Å². The summed E-state index contributed by atoms with van der Waals surface area (Å²) in [5.41, 5.74) is 7.15. The van der Waals surface area contributed by atoms with Gasteiger partial charge in [-0.3, -0.25) is 0 Å². The van der Waals surface area contributed by atoms with Crippen LogP contribution >= 0.6 is 0 Å². The molecule has 0 bridgehead atoms. The van der Waals surface area contributed by atoms with E-state index >= 15 is 0 Å². The largest absolute Gasteiger partial charge is 0.332 e. The first-order chi connectivity index (χ1) is 6.27. The van der Waals surface area contributed by atoms with Crippen LogP contribution in [0.4, 0.5) is 0 Å². The molecule has 0 amide bonds. The van der Waals surface area contributed by atoms with Crippen LogP contribution in [0.1, 0.15) is 31.3 Å². The van der Waals surface area contributed by atoms with Crippen LogP contribution in [0.5, 0.6) is 0 Å². The molecule has 0 saturated carbocycles. The quantitative estimate of drug-likeness (QED) is 0.739. The number of rotatable bonds is 2. The van der Waals surface area contributed by atoms with Crippen molar-refractivity contribution in [2.75, 3.05) is 0 Å². The Morgan fingerprint density at radius 2 is 2.46 bits per heavy atom. The summed E-state index contributed by atoms with van der Waals surface area (Å²) >= 11 is 0. The summed E-state index contributed by atoms with van der Waals surface area (Å²) in [5, 5.41) is 0. The molecule has 1 aromatic heterocycles. The van der Waals surface area contributed by atoms with E-state index in [0.29, 0.717) is 0 Å². The second kappa shape index (κ2) is 3.50. The maximum atomic E-state index is 5.76. The predicted molar refractivity (Wildman–Crippen MR) is 52.5 cm³/mol. The zero-order valence-corrected chi connectivity index (χ0v) is 8.16. The summed E-state index contributed by atoms with van der Waals surface area (Å²) in [4.78, 5) is 4.42. The molecule has 0 fully saturated rings. The molecule has 0 aromatic carbocycles. The van der Waals surface area contributed by atoms with Crippen molar-refractivity contribution >= 4 is 0 Å². The van der Waals surface area contributed by atoms with Gasteiger partial charge in [-0.25, -0.2) is 4.98 Å². The van der Waals surface area contributed by atoms with E-state index in [9.17, 15) is 0 Å². The van der Waals surface area contributed by atoms with E-state index in [1.54, 1.807) is 0 Å². The van der Waals surface area contributed by atoms with Crippen LogP contribution in [0.25, 0.3) is 0 Å². The fraction of sp³-hybridized carbons (Fsp3) is 0.700. The molecule has 1 aromatic rings. The number of aromatic nitrogens is 2. The average Bonchev–Trinajstić information content (AvgIpc) is 2.48. The summed E-state index contributed by atoms with van der Waals surface area (Å²) in [6.45, 7) is 3.17. The Bertz CT molecular complexity index is 288. The van der Waals surface area contributed by atoms with Crippen molar-refractivity contribution < 1.29 is 0 Å². The predicted octanol–water partition coefficient (Wildman–Crippen LogP) is 1.11. The van der Waals surface area contributed by atoms with Gasteiger partial charge in [0.25, 0.3) is 0 Å². The van der Waals surface area contributed by atoms with E-state index in [4.69, 9.17) is 5.73 Å². The lowest BCUT2D eigenvalue weighted by molar-refractivity contribution is 0.506. The van der Waals surface area contributed by atoms with E-state index in [-0.39, 0.29) is 6.04 Å². The molecular weight excluding hydrogens is 162 g/mol. The van der Waals surface area contributed by atoms with Gasteiger partial charge in [0.05, 0.1) is 0 Å². The first kappa shape index (κ1) is 8.75. The van der Waals surface area contributed by atoms with Gasteiger partial charge in [0, 0.05) is 30.9 Å². The molecule has 1 aliphatic rings. The summed E-state index contributed by atoms with van der Waals surface area (Å²) < 4.78 is 2.34. The van der Waals surface area contributed by atoms with Crippen molar-refractivity contribution in [3.63, 3.8) is 0 Å². The van der Waals surface area contributed by atoms with Gasteiger partial charge in [-0.2, -0.15) is 0 Å². The summed E-state index contributed by atoms with van der Waals surface area (Å²) in [6, 6.07) is 0.216. The number of imidazole rings is 1. The molecule has 0 aliphatic carbocycles. The third-order valence-corrected chi connectivity index (χ3v) is 2.59. The lowest BCUT2D eigenvalue weighted by Crippen LogP contribution is -2.22. The molecule has 3 heteroatoms. The molecule has 2 N–H and O–H groups in total. The maximum Gasteiger partial charge on any atom is 0.110 e. The van der Waals surface area contributed by atoms with Crippen molar-refractivity contribution in [3.8, 4) is 0 Å². The highest BCUT2D eigenvalue weighted by molar-refractivity contribution is 5.08. The van der Waals surface area contributed by atoms with Crippen LogP contribution in [0.3, 0.4) is 0 Å². The zero-order chi connectivity index (χ0) is 9.26. The number of hydrogen-bond acceptors (Lipinski definition) is 2. The average molecular weight is 179 g/mol. The van der Waals surface area contributed by atoms with Gasteiger partial charge in [-0.05, 0) is 26.2 Å². The molecule has 2 rings (SSSR count). The molecule has 1 unspecified atom stereocenters. The lowest BCUT2D eigenvalue weighted by Gasteiger charge is -2.17. The molecule has 1 atom stereocenters. The second-order valence-electron chi connectivity index (χ2n) is 3.96. The van der Waals surface area contributed by atoms with E-state index in [2.05, 4.69) is 9.55 Å². The van der Waals surface area contributed by atoms with Crippen molar-refractivity contribution in [2.45, 2.75) is 45.2 Å². The SMILES string of the molecule is CC(N)Cc1ncc2n1CCCC2. The molecule has 3 nitrogen and oxygen atoms in total. The number of hydrogen-bond donors (Lipinski definition) is 1. The molecule has 0 saturated heterocycles. The molecule has 2 heterocycles. The number of fused-ring (bicyclic) bond motifs is 1. The molecule has 1 aliphatic heterocycles. The van der Waals surface area contributed by atoms with Crippen molar-refractivity contribution in [3.05, 3.63) is 17.7 Å². The number of nitrogens with zero attached hydrogens (tertiary/aromatic N) is 2. The normalized spacial score (nSPS) is 18.3. The minimum atomic E-state index is 0.216. The molecular formula is C10H17N3. The summed E-state index contributed by atoms with van der Waals surface area (Å²) in [5.74, 6) is 1.17. The standard InChI is InChI=1S/C10H17N3/c1-8(11)6-10-12-7-9-4-2-3-5-13(9)10/h7-8H,2-6,11H2,1H3. The third kappa shape index (κ3) is 1.75. The van der Waals surface area contributed by atoms with Gasteiger partial charge in [0.2, 0.25) is 0 Å². The Morgan fingerprint density at radius 1 is 1.62 bits per heavy atom. The Morgan fingerprint density at radius 3 is 3.23 bits per heavy atom. The number of nitrogens with two attached hydrogens (primary N) is 1. The maximum absolute atomic E-state index is 5.76. The van der Waals surface area contributed by atoms with Crippen LogP contribution in [0.15, 0.2) is 6.20 Å². The number of aryl methyl sites for hydroxylation is 1. The van der Waals surface area contributed by atoms with Crippen molar-refractivity contribution in [1.29, 1.82) is 0 Å². The first-order valence-electron chi connectivity index (χ1n) is 5.06. The van der Waals surface area contributed by atoms with Gasteiger partial charge in [0.15, 0.2) is 0 Å². The van der Waals surface area contributed by atoms with Crippen molar-refractivity contribution in [1.82, 2.24) is 9.55 Å². The van der Waals surface area contributed by atoms with Crippen LogP contribution in [0, 0.1) is 0 Å². The first-order valence-corrected chi connectivity index (χ1v) is 5.06. The van der Waals surface area contributed by atoms with Gasteiger partial charge < -0.3 is 10.3 Å². The monoisotopic (exact) mass is 179 g/mol. The topological polar surface area (TPSA) is 43.8 Å². The van der Waals surface area contributed by atoms with E-state index in [0.717, 1.165) is 13.0 Å². The van der Waals surface area contributed by atoms with Gasteiger partial charge >= 0.3 is 0 Å².